The highest BCUT2D eigenvalue weighted by molar-refractivity contribution is 7.99. The molecule has 4 nitrogen and oxygen atoms in total. The van der Waals surface area contributed by atoms with Gasteiger partial charge in [-0.25, -0.2) is 4.98 Å². The molecule has 0 saturated carbocycles. The maximum absolute atomic E-state index is 12.4. The molecule has 2 heterocycles. The summed E-state index contributed by atoms with van der Waals surface area (Å²) in [5.41, 5.74) is 0.224. The Bertz CT molecular complexity index is 459. The van der Waals surface area contributed by atoms with Crippen LogP contribution in [-0.4, -0.2) is 47.3 Å². The number of pyridine rings is 1. The van der Waals surface area contributed by atoms with Crippen molar-refractivity contribution in [3.63, 3.8) is 0 Å². The maximum atomic E-state index is 12.4. The molecule has 1 aromatic rings. The van der Waals surface area contributed by atoms with Gasteiger partial charge in [0.15, 0.2) is 0 Å². The number of morpholine rings is 1. The van der Waals surface area contributed by atoms with Gasteiger partial charge in [0.1, 0.15) is 5.03 Å². The number of hydrogen-bond acceptors (Lipinski definition) is 4. The second kappa shape index (κ2) is 6.29. The average Bonchev–Trinajstić information content (AvgIpc) is 2.38. The van der Waals surface area contributed by atoms with Crippen molar-refractivity contribution in [1.29, 1.82) is 0 Å². The van der Waals surface area contributed by atoms with Crippen LogP contribution in [0.25, 0.3) is 0 Å². The molecule has 0 bridgehead atoms. The van der Waals surface area contributed by atoms with Crippen LogP contribution < -0.4 is 0 Å². The number of thioether (sulfide) groups is 1. The van der Waals surface area contributed by atoms with Crippen molar-refractivity contribution in [1.82, 2.24) is 9.88 Å². The Morgan fingerprint density at radius 2 is 2.42 bits per heavy atom. The Kier molecular flexibility index (Phi) is 4.71. The molecule has 2 rings (SSSR count). The first-order valence-corrected chi connectivity index (χ1v) is 6.76. The van der Waals surface area contributed by atoms with Gasteiger partial charge >= 0.3 is 0 Å². The molecule has 1 saturated heterocycles. The van der Waals surface area contributed by atoms with E-state index in [4.69, 9.17) is 4.74 Å². The first-order valence-electron chi connectivity index (χ1n) is 5.88. The Labute approximate surface area is 114 Å². The molecule has 1 aliphatic heterocycles. The standard InChI is InChI=1S/C12H14F2N2O2S/c1-8-7-16(5-6-18-8)11(17)9-3-2-4-15-10(9)19-12(13)14/h2-4,8,12H,5-7H2,1H3. The van der Waals surface area contributed by atoms with Gasteiger partial charge in [0.2, 0.25) is 0 Å². The van der Waals surface area contributed by atoms with E-state index in [1.165, 1.54) is 12.3 Å². The van der Waals surface area contributed by atoms with Gasteiger partial charge in [0, 0.05) is 19.3 Å². The van der Waals surface area contributed by atoms with Crippen LogP contribution in [0.15, 0.2) is 23.4 Å². The number of hydrogen-bond donors (Lipinski definition) is 0. The lowest BCUT2D eigenvalue weighted by Crippen LogP contribution is -2.44. The van der Waals surface area contributed by atoms with Crippen molar-refractivity contribution in [2.45, 2.75) is 23.8 Å². The first kappa shape index (κ1) is 14.2. The molecule has 0 aliphatic carbocycles. The summed E-state index contributed by atoms with van der Waals surface area (Å²) in [7, 11) is 0. The van der Waals surface area contributed by atoms with Crippen molar-refractivity contribution < 1.29 is 18.3 Å². The van der Waals surface area contributed by atoms with Gasteiger partial charge in [-0.15, -0.1) is 0 Å². The zero-order valence-corrected chi connectivity index (χ0v) is 11.2. The van der Waals surface area contributed by atoms with Crippen LogP contribution in [0, 0.1) is 0 Å². The second-order valence-electron chi connectivity index (χ2n) is 4.17. The van der Waals surface area contributed by atoms with Crippen LogP contribution in [-0.2, 0) is 4.74 Å². The molecule has 0 radical (unpaired) electrons. The summed E-state index contributed by atoms with van der Waals surface area (Å²) < 4.78 is 30.2. The fraction of sp³-hybridized carbons (Fsp3) is 0.500. The Balaban J connectivity index is 2.18. The molecule has 1 aliphatic rings. The number of carbonyl (C=O) groups excluding carboxylic acids is 1. The number of rotatable bonds is 3. The van der Waals surface area contributed by atoms with E-state index in [1.807, 2.05) is 6.92 Å². The average molecular weight is 288 g/mol. The minimum Gasteiger partial charge on any atom is -0.375 e. The summed E-state index contributed by atoms with van der Waals surface area (Å²) in [6.07, 6.45) is 1.37. The summed E-state index contributed by atoms with van der Waals surface area (Å²) in [6.45, 7) is 3.27. The summed E-state index contributed by atoms with van der Waals surface area (Å²) >= 11 is 0.295. The lowest BCUT2D eigenvalue weighted by molar-refractivity contribution is -0.0125. The predicted molar refractivity (Wildman–Crippen MR) is 67.4 cm³/mol. The number of carbonyl (C=O) groups is 1. The molecule has 0 spiro atoms. The van der Waals surface area contributed by atoms with Gasteiger partial charge in [-0.05, 0) is 30.8 Å². The monoisotopic (exact) mass is 288 g/mol. The van der Waals surface area contributed by atoms with Crippen molar-refractivity contribution in [2.24, 2.45) is 0 Å². The van der Waals surface area contributed by atoms with E-state index in [9.17, 15) is 13.6 Å². The normalized spacial score (nSPS) is 19.8. The topological polar surface area (TPSA) is 42.4 Å². The van der Waals surface area contributed by atoms with E-state index in [-0.39, 0.29) is 22.6 Å². The fourth-order valence-electron chi connectivity index (χ4n) is 1.91. The number of amides is 1. The van der Waals surface area contributed by atoms with Crippen LogP contribution in [0.4, 0.5) is 8.78 Å². The Morgan fingerprint density at radius 3 is 3.11 bits per heavy atom. The lowest BCUT2D eigenvalue weighted by atomic mass is 10.2. The van der Waals surface area contributed by atoms with Crippen LogP contribution >= 0.6 is 11.8 Å². The third-order valence-electron chi connectivity index (χ3n) is 2.73. The first-order chi connectivity index (χ1) is 9.08. The molecular formula is C12H14F2N2O2S. The minimum atomic E-state index is -2.59. The molecule has 104 valence electrons. The second-order valence-corrected chi connectivity index (χ2v) is 5.15. The molecular weight excluding hydrogens is 274 g/mol. The van der Waals surface area contributed by atoms with Crippen LogP contribution in [0.5, 0.6) is 0 Å². The highest BCUT2D eigenvalue weighted by atomic mass is 32.2. The number of alkyl halides is 2. The van der Waals surface area contributed by atoms with E-state index in [1.54, 1.807) is 11.0 Å². The number of aromatic nitrogens is 1. The summed E-state index contributed by atoms with van der Waals surface area (Å²) in [5.74, 6) is -2.86. The molecule has 1 fully saturated rings. The van der Waals surface area contributed by atoms with Gasteiger partial charge in [-0.3, -0.25) is 4.79 Å². The molecule has 0 N–H and O–H groups in total. The quantitative estimate of drug-likeness (QED) is 0.800. The Hall–Kier alpha value is -1.21. The minimum absolute atomic E-state index is 0.0411. The maximum Gasteiger partial charge on any atom is 0.290 e. The SMILES string of the molecule is CC1CN(C(=O)c2cccnc2SC(F)F)CCO1. The van der Waals surface area contributed by atoms with Crippen molar-refractivity contribution in [2.75, 3.05) is 19.7 Å². The van der Waals surface area contributed by atoms with Gasteiger partial charge in [0.25, 0.3) is 11.7 Å². The zero-order valence-electron chi connectivity index (χ0n) is 10.4. The highest BCUT2D eigenvalue weighted by Crippen LogP contribution is 2.27. The molecule has 1 aromatic heterocycles. The van der Waals surface area contributed by atoms with E-state index >= 15 is 0 Å². The number of nitrogens with zero attached hydrogens (tertiary/aromatic N) is 2. The predicted octanol–water partition coefficient (Wildman–Crippen LogP) is 2.26. The van der Waals surface area contributed by atoms with Gasteiger partial charge in [0.05, 0.1) is 18.3 Å². The van der Waals surface area contributed by atoms with Crippen molar-refractivity contribution >= 4 is 17.7 Å². The molecule has 1 atom stereocenters. The van der Waals surface area contributed by atoms with E-state index < -0.39 is 5.76 Å². The third-order valence-corrected chi connectivity index (χ3v) is 3.46. The molecule has 0 aromatic carbocycles. The summed E-state index contributed by atoms with van der Waals surface area (Å²) in [6, 6.07) is 3.10. The van der Waals surface area contributed by atoms with E-state index in [2.05, 4.69) is 4.98 Å². The molecule has 1 amide bonds. The number of ether oxygens (including phenoxy) is 1. The third kappa shape index (κ3) is 3.63. The fourth-order valence-corrected chi connectivity index (χ4v) is 2.48. The van der Waals surface area contributed by atoms with Crippen LogP contribution in [0.1, 0.15) is 17.3 Å². The molecule has 7 heteroatoms. The van der Waals surface area contributed by atoms with Gasteiger partial charge in [-0.2, -0.15) is 8.78 Å². The Morgan fingerprint density at radius 1 is 1.63 bits per heavy atom. The largest absolute Gasteiger partial charge is 0.375 e. The molecule has 19 heavy (non-hydrogen) atoms. The van der Waals surface area contributed by atoms with Crippen molar-refractivity contribution in [3.8, 4) is 0 Å². The van der Waals surface area contributed by atoms with Crippen LogP contribution in [0.2, 0.25) is 0 Å². The summed E-state index contributed by atoms with van der Waals surface area (Å²) in [5, 5.41) is 0.0710. The lowest BCUT2D eigenvalue weighted by Gasteiger charge is -2.31. The van der Waals surface area contributed by atoms with Gasteiger partial charge < -0.3 is 9.64 Å². The van der Waals surface area contributed by atoms with E-state index in [0.29, 0.717) is 31.5 Å². The highest BCUT2D eigenvalue weighted by Gasteiger charge is 2.25. The molecule has 1 unspecified atom stereocenters. The van der Waals surface area contributed by atoms with Gasteiger partial charge in [-0.1, -0.05) is 0 Å². The number of halogens is 2. The van der Waals surface area contributed by atoms with E-state index in [0.717, 1.165) is 0 Å². The zero-order chi connectivity index (χ0) is 13.8. The van der Waals surface area contributed by atoms with Crippen LogP contribution in [0.3, 0.4) is 0 Å². The smallest absolute Gasteiger partial charge is 0.290 e. The van der Waals surface area contributed by atoms with Crippen molar-refractivity contribution in [3.05, 3.63) is 23.9 Å². The summed E-state index contributed by atoms with van der Waals surface area (Å²) in [4.78, 5) is 17.8.